The average molecular weight is 295 g/mol. The molecule has 1 N–H and O–H groups in total. The van der Waals surface area contributed by atoms with Gasteiger partial charge in [-0.3, -0.25) is 4.79 Å². The summed E-state index contributed by atoms with van der Waals surface area (Å²) in [4.78, 5) is 33.7. The van der Waals surface area contributed by atoms with Gasteiger partial charge in [0.1, 0.15) is 6.61 Å². The molecule has 0 aromatic heterocycles. The van der Waals surface area contributed by atoms with E-state index in [0.717, 1.165) is 5.56 Å². The molecule has 1 aromatic carbocycles. The summed E-state index contributed by atoms with van der Waals surface area (Å²) in [5.74, 6) is -1.44. The molecule has 0 saturated carbocycles. The molecule has 0 aliphatic heterocycles. The topological polar surface area (TPSA) is 90.9 Å². The standard InChI is InChI=1S/C14H17NO6/c1-19-9-13(17)21-8-12(16)15-7-10-3-5-11(6-4-10)14(18)20-2/h3-6H,7-9H2,1-2H3,(H,15,16). The molecule has 0 atom stereocenters. The number of esters is 2. The molecular formula is C14H17NO6. The number of carbonyl (C=O) groups is 3. The van der Waals surface area contributed by atoms with Crippen LogP contribution in [0.3, 0.4) is 0 Å². The van der Waals surface area contributed by atoms with Crippen molar-refractivity contribution in [2.24, 2.45) is 0 Å². The maximum Gasteiger partial charge on any atom is 0.337 e. The molecule has 0 fully saturated rings. The number of ether oxygens (including phenoxy) is 3. The Kier molecular flexibility index (Phi) is 6.90. The molecule has 0 spiro atoms. The molecule has 0 heterocycles. The van der Waals surface area contributed by atoms with Crippen LogP contribution in [0.15, 0.2) is 24.3 Å². The zero-order valence-electron chi connectivity index (χ0n) is 11.9. The van der Waals surface area contributed by atoms with Gasteiger partial charge in [-0.15, -0.1) is 0 Å². The third kappa shape index (κ3) is 6.05. The highest BCUT2D eigenvalue weighted by Crippen LogP contribution is 2.05. The lowest BCUT2D eigenvalue weighted by molar-refractivity contribution is -0.152. The van der Waals surface area contributed by atoms with E-state index in [1.165, 1.54) is 14.2 Å². The molecule has 114 valence electrons. The maximum absolute atomic E-state index is 11.4. The minimum atomic E-state index is -0.602. The van der Waals surface area contributed by atoms with E-state index in [9.17, 15) is 14.4 Å². The number of carbonyl (C=O) groups excluding carboxylic acids is 3. The number of nitrogens with one attached hydrogen (secondary N) is 1. The Morgan fingerprint density at radius 1 is 1.05 bits per heavy atom. The molecule has 0 bridgehead atoms. The first-order valence-corrected chi connectivity index (χ1v) is 6.15. The van der Waals surface area contributed by atoms with E-state index in [4.69, 9.17) is 0 Å². The fraction of sp³-hybridized carbons (Fsp3) is 0.357. The first-order valence-electron chi connectivity index (χ1n) is 6.15. The van der Waals surface area contributed by atoms with Crippen LogP contribution in [0.4, 0.5) is 0 Å². The van der Waals surface area contributed by atoms with Crippen molar-refractivity contribution in [3.05, 3.63) is 35.4 Å². The van der Waals surface area contributed by atoms with E-state index in [1.807, 2.05) is 0 Å². The predicted octanol–water partition coefficient (Wildman–Crippen LogP) is 0.279. The predicted molar refractivity (Wildman–Crippen MR) is 72.5 cm³/mol. The number of hydrogen-bond acceptors (Lipinski definition) is 6. The Morgan fingerprint density at radius 2 is 1.71 bits per heavy atom. The third-order valence-corrected chi connectivity index (χ3v) is 2.49. The van der Waals surface area contributed by atoms with Crippen molar-refractivity contribution < 1.29 is 28.6 Å². The number of methoxy groups -OCH3 is 2. The van der Waals surface area contributed by atoms with Gasteiger partial charge in [-0.2, -0.15) is 0 Å². The SMILES string of the molecule is COCC(=O)OCC(=O)NCc1ccc(C(=O)OC)cc1. The second-order valence-electron chi connectivity index (χ2n) is 4.06. The van der Waals surface area contributed by atoms with E-state index >= 15 is 0 Å². The maximum atomic E-state index is 11.4. The summed E-state index contributed by atoms with van der Waals surface area (Å²) in [5.41, 5.74) is 1.24. The van der Waals surface area contributed by atoms with E-state index < -0.39 is 17.8 Å². The lowest BCUT2D eigenvalue weighted by atomic mass is 10.1. The molecule has 0 aliphatic carbocycles. The summed E-state index contributed by atoms with van der Waals surface area (Å²) in [7, 11) is 2.67. The van der Waals surface area contributed by atoms with Crippen LogP contribution >= 0.6 is 0 Å². The van der Waals surface area contributed by atoms with Crippen LogP contribution in [-0.2, 0) is 30.3 Å². The van der Waals surface area contributed by atoms with Gasteiger partial charge in [-0.25, -0.2) is 9.59 Å². The Morgan fingerprint density at radius 3 is 2.29 bits per heavy atom. The van der Waals surface area contributed by atoms with Crippen LogP contribution in [0.1, 0.15) is 15.9 Å². The van der Waals surface area contributed by atoms with E-state index in [-0.39, 0.29) is 19.8 Å². The van der Waals surface area contributed by atoms with Crippen LogP contribution in [-0.4, -0.2) is 45.3 Å². The minimum absolute atomic E-state index is 0.192. The molecule has 7 nitrogen and oxygen atoms in total. The van der Waals surface area contributed by atoms with E-state index in [0.29, 0.717) is 5.56 Å². The fourth-order valence-corrected chi connectivity index (χ4v) is 1.43. The zero-order chi connectivity index (χ0) is 15.7. The van der Waals surface area contributed by atoms with Crippen molar-refractivity contribution in [1.29, 1.82) is 0 Å². The number of hydrogen-bond donors (Lipinski definition) is 1. The number of rotatable bonds is 7. The van der Waals surface area contributed by atoms with Crippen LogP contribution in [0.25, 0.3) is 0 Å². The summed E-state index contributed by atoms with van der Waals surface area (Å²) in [6, 6.07) is 6.60. The van der Waals surface area contributed by atoms with Crippen LogP contribution < -0.4 is 5.32 Å². The lowest BCUT2D eigenvalue weighted by Gasteiger charge is -2.07. The Balaban J connectivity index is 2.36. The van der Waals surface area contributed by atoms with Gasteiger partial charge in [0, 0.05) is 13.7 Å². The van der Waals surface area contributed by atoms with Gasteiger partial charge >= 0.3 is 11.9 Å². The van der Waals surface area contributed by atoms with Gasteiger partial charge < -0.3 is 19.5 Å². The van der Waals surface area contributed by atoms with Gasteiger partial charge in [-0.05, 0) is 17.7 Å². The molecule has 7 heteroatoms. The minimum Gasteiger partial charge on any atom is -0.465 e. The van der Waals surface area contributed by atoms with Gasteiger partial charge in [0.2, 0.25) is 0 Å². The van der Waals surface area contributed by atoms with Crippen LogP contribution in [0.2, 0.25) is 0 Å². The van der Waals surface area contributed by atoms with Crippen molar-refractivity contribution in [2.45, 2.75) is 6.54 Å². The van der Waals surface area contributed by atoms with Gasteiger partial charge in [0.15, 0.2) is 6.61 Å². The van der Waals surface area contributed by atoms with Crippen molar-refractivity contribution >= 4 is 17.8 Å². The van der Waals surface area contributed by atoms with Crippen molar-refractivity contribution in [3.8, 4) is 0 Å². The molecule has 1 rings (SSSR count). The highest BCUT2D eigenvalue weighted by molar-refractivity contribution is 5.89. The molecule has 1 amide bonds. The smallest absolute Gasteiger partial charge is 0.337 e. The summed E-state index contributed by atoms with van der Waals surface area (Å²) >= 11 is 0. The Hall–Kier alpha value is -2.41. The molecule has 0 saturated heterocycles. The van der Waals surface area contributed by atoms with Gasteiger partial charge in [0.25, 0.3) is 5.91 Å². The lowest BCUT2D eigenvalue weighted by Crippen LogP contribution is -2.29. The molecule has 0 radical (unpaired) electrons. The number of benzene rings is 1. The molecule has 21 heavy (non-hydrogen) atoms. The van der Waals surface area contributed by atoms with E-state index in [1.54, 1.807) is 24.3 Å². The molecule has 0 aliphatic rings. The van der Waals surface area contributed by atoms with Gasteiger partial charge in [-0.1, -0.05) is 12.1 Å². The van der Waals surface area contributed by atoms with Crippen molar-refractivity contribution in [2.75, 3.05) is 27.4 Å². The largest absolute Gasteiger partial charge is 0.465 e. The third-order valence-electron chi connectivity index (χ3n) is 2.49. The summed E-state index contributed by atoms with van der Waals surface area (Å²) in [6.45, 7) is -0.285. The highest BCUT2D eigenvalue weighted by Gasteiger charge is 2.08. The van der Waals surface area contributed by atoms with Gasteiger partial charge in [0.05, 0.1) is 12.7 Å². The number of amides is 1. The van der Waals surface area contributed by atoms with Crippen LogP contribution in [0, 0.1) is 0 Å². The molecule has 0 unspecified atom stereocenters. The summed E-state index contributed by atoms with van der Waals surface area (Å²) < 4.78 is 13.8. The molecule has 1 aromatic rings. The summed E-state index contributed by atoms with van der Waals surface area (Å²) in [5, 5.41) is 2.59. The Bertz CT molecular complexity index is 497. The fourth-order valence-electron chi connectivity index (χ4n) is 1.43. The van der Waals surface area contributed by atoms with Crippen molar-refractivity contribution in [1.82, 2.24) is 5.32 Å². The summed E-state index contributed by atoms with van der Waals surface area (Å²) in [6.07, 6.45) is 0. The highest BCUT2D eigenvalue weighted by atomic mass is 16.6. The first kappa shape index (κ1) is 16.6. The monoisotopic (exact) mass is 295 g/mol. The van der Waals surface area contributed by atoms with Crippen molar-refractivity contribution in [3.63, 3.8) is 0 Å². The molecular weight excluding hydrogens is 278 g/mol. The Labute approximate surface area is 122 Å². The zero-order valence-corrected chi connectivity index (χ0v) is 11.9. The first-order chi connectivity index (χ1) is 10.1. The second kappa shape index (κ2) is 8.70. The second-order valence-corrected chi connectivity index (χ2v) is 4.06. The van der Waals surface area contributed by atoms with E-state index in [2.05, 4.69) is 19.5 Å². The quantitative estimate of drug-likeness (QED) is 0.727. The average Bonchev–Trinajstić information content (AvgIpc) is 2.51. The normalized spacial score (nSPS) is 9.81. The van der Waals surface area contributed by atoms with Crippen LogP contribution in [0.5, 0.6) is 0 Å².